The van der Waals surface area contributed by atoms with E-state index in [1.165, 1.54) is 7.11 Å². The second-order valence-electron chi connectivity index (χ2n) is 5.76. The Morgan fingerprint density at radius 1 is 1.17 bits per heavy atom. The van der Waals surface area contributed by atoms with Gasteiger partial charge in [-0.25, -0.2) is 4.79 Å². The second-order valence-corrected chi connectivity index (χ2v) is 6.16. The fourth-order valence-electron chi connectivity index (χ4n) is 2.27. The van der Waals surface area contributed by atoms with Gasteiger partial charge in [-0.2, -0.15) is 5.10 Å². The highest BCUT2D eigenvalue weighted by Crippen LogP contribution is 2.28. The third kappa shape index (κ3) is 6.93. The van der Waals surface area contributed by atoms with Gasteiger partial charge in [0.2, 0.25) is 0 Å². The number of benzene rings is 2. The summed E-state index contributed by atoms with van der Waals surface area (Å²) in [5.41, 5.74) is 4.94. The molecular formula is C21H23N3O4S. The smallest absolute Gasteiger partial charge is 0.337 e. The van der Waals surface area contributed by atoms with Gasteiger partial charge in [-0.3, -0.25) is 5.43 Å². The van der Waals surface area contributed by atoms with Crippen LogP contribution in [0.15, 0.2) is 60.2 Å². The molecule has 2 aromatic carbocycles. The van der Waals surface area contributed by atoms with Crippen molar-refractivity contribution in [2.45, 2.75) is 6.61 Å². The first-order valence-corrected chi connectivity index (χ1v) is 9.14. The lowest BCUT2D eigenvalue weighted by Gasteiger charge is -2.11. The van der Waals surface area contributed by atoms with E-state index in [0.29, 0.717) is 35.3 Å². The Hall–Kier alpha value is -3.39. The molecule has 0 saturated carbocycles. The maximum Gasteiger partial charge on any atom is 0.337 e. The number of rotatable bonds is 9. The third-order valence-corrected chi connectivity index (χ3v) is 3.98. The number of nitrogens with one attached hydrogen (secondary N) is 2. The predicted octanol–water partition coefficient (Wildman–Crippen LogP) is 3.04. The van der Waals surface area contributed by atoms with Gasteiger partial charge in [-0.05, 0) is 53.7 Å². The van der Waals surface area contributed by atoms with Gasteiger partial charge < -0.3 is 19.5 Å². The van der Waals surface area contributed by atoms with Crippen LogP contribution >= 0.6 is 12.2 Å². The second kappa shape index (κ2) is 11.5. The largest absolute Gasteiger partial charge is 0.493 e. The van der Waals surface area contributed by atoms with Crippen molar-refractivity contribution in [3.8, 4) is 11.5 Å². The zero-order valence-corrected chi connectivity index (χ0v) is 17.1. The number of thiocarbonyl (C=S) groups is 1. The Labute approximate surface area is 175 Å². The average Bonchev–Trinajstić information content (AvgIpc) is 2.76. The summed E-state index contributed by atoms with van der Waals surface area (Å²) in [5.74, 6) is 0.799. The number of esters is 1. The molecule has 0 aliphatic heterocycles. The van der Waals surface area contributed by atoms with Gasteiger partial charge in [0, 0.05) is 6.54 Å². The number of ether oxygens (including phenoxy) is 3. The van der Waals surface area contributed by atoms with Gasteiger partial charge >= 0.3 is 5.97 Å². The van der Waals surface area contributed by atoms with E-state index in [2.05, 4.69) is 27.2 Å². The summed E-state index contributed by atoms with van der Waals surface area (Å²) in [4.78, 5) is 11.5. The Bertz CT molecular complexity index is 882. The minimum atomic E-state index is -0.372. The average molecular weight is 413 g/mol. The van der Waals surface area contributed by atoms with Crippen LogP contribution in [-0.4, -0.2) is 38.1 Å². The summed E-state index contributed by atoms with van der Waals surface area (Å²) in [7, 11) is 2.92. The lowest BCUT2D eigenvalue weighted by Crippen LogP contribution is -2.31. The number of methoxy groups -OCH3 is 2. The van der Waals surface area contributed by atoms with E-state index >= 15 is 0 Å². The van der Waals surface area contributed by atoms with Gasteiger partial charge in [0.05, 0.1) is 26.0 Å². The Morgan fingerprint density at radius 3 is 2.59 bits per heavy atom. The highest BCUT2D eigenvalue weighted by molar-refractivity contribution is 7.80. The van der Waals surface area contributed by atoms with E-state index < -0.39 is 0 Å². The van der Waals surface area contributed by atoms with Crippen LogP contribution in [0, 0.1) is 0 Å². The lowest BCUT2D eigenvalue weighted by atomic mass is 10.1. The van der Waals surface area contributed by atoms with Crippen LogP contribution < -0.4 is 20.2 Å². The van der Waals surface area contributed by atoms with Gasteiger partial charge in [-0.15, -0.1) is 6.58 Å². The number of hydrogen-bond acceptors (Lipinski definition) is 6. The van der Waals surface area contributed by atoms with Crippen molar-refractivity contribution in [1.29, 1.82) is 0 Å². The van der Waals surface area contributed by atoms with Gasteiger partial charge in [0.1, 0.15) is 6.61 Å². The standard InChI is InChI=1S/C21H23N3O4S/c1-4-11-22-21(29)24-23-13-16-7-10-18(19(12-16)26-2)28-14-15-5-8-17(9-6-15)20(25)27-3/h4-10,12-13H,1,11,14H2,2-3H3,(H2,22,24,29)/b23-13+. The summed E-state index contributed by atoms with van der Waals surface area (Å²) >= 11 is 5.06. The normalized spacial score (nSPS) is 10.3. The first-order chi connectivity index (χ1) is 14.1. The van der Waals surface area contributed by atoms with Crippen molar-refractivity contribution < 1.29 is 19.0 Å². The maximum atomic E-state index is 11.5. The molecule has 0 bridgehead atoms. The SMILES string of the molecule is C=CCNC(=S)N/N=C/c1ccc(OCc2ccc(C(=O)OC)cc2)c(OC)c1. The number of nitrogens with zero attached hydrogens (tertiary/aromatic N) is 1. The predicted molar refractivity (Wildman–Crippen MR) is 117 cm³/mol. The monoisotopic (exact) mass is 413 g/mol. The van der Waals surface area contributed by atoms with Crippen molar-refractivity contribution in [2.75, 3.05) is 20.8 Å². The van der Waals surface area contributed by atoms with Crippen molar-refractivity contribution in [3.63, 3.8) is 0 Å². The molecule has 0 spiro atoms. The van der Waals surface area contributed by atoms with Crippen LogP contribution in [0.5, 0.6) is 11.5 Å². The van der Waals surface area contributed by atoms with Gasteiger partial charge in [0.15, 0.2) is 16.6 Å². The Kier molecular flexibility index (Phi) is 8.65. The van der Waals surface area contributed by atoms with Crippen LogP contribution in [0.25, 0.3) is 0 Å². The van der Waals surface area contributed by atoms with Gasteiger partial charge in [0.25, 0.3) is 0 Å². The van der Waals surface area contributed by atoms with E-state index in [4.69, 9.17) is 21.7 Å². The fraction of sp³-hybridized carbons (Fsp3) is 0.190. The van der Waals surface area contributed by atoms with E-state index in [0.717, 1.165) is 11.1 Å². The molecule has 152 valence electrons. The zero-order valence-electron chi connectivity index (χ0n) is 16.3. The molecule has 2 rings (SSSR count). The summed E-state index contributed by atoms with van der Waals surface area (Å²) < 4.78 is 15.9. The van der Waals surface area contributed by atoms with Crippen molar-refractivity contribution in [3.05, 3.63) is 71.8 Å². The highest BCUT2D eigenvalue weighted by Gasteiger charge is 2.07. The number of hydrazone groups is 1. The molecule has 0 atom stereocenters. The molecule has 0 amide bonds. The number of hydrogen-bond donors (Lipinski definition) is 2. The maximum absolute atomic E-state index is 11.5. The summed E-state index contributed by atoms with van der Waals surface area (Å²) in [5, 5.41) is 7.40. The Balaban J connectivity index is 1.97. The van der Waals surface area contributed by atoms with E-state index in [-0.39, 0.29) is 5.97 Å². The summed E-state index contributed by atoms with van der Waals surface area (Å²) in [6.45, 7) is 4.50. The first kappa shape index (κ1) is 21.9. The summed E-state index contributed by atoms with van der Waals surface area (Å²) in [6.07, 6.45) is 3.33. The topological polar surface area (TPSA) is 81.2 Å². The van der Waals surface area contributed by atoms with Crippen LogP contribution in [0.4, 0.5) is 0 Å². The molecule has 0 heterocycles. The number of carbonyl (C=O) groups is 1. The molecular weight excluding hydrogens is 390 g/mol. The van der Waals surface area contributed by atoms with E-state index in [9.17, 15) is 4.79 Å². The molecule has 0 radical (unpaired) electrons. The molecule has 2 aromatic rings. The summed E-state index contributed by atoms with van der Waals surface area (Å²) in [6, 6.07) is 12.5. The Morgan fingerprint density at radius 2 is 1.93 bits per heavy atom. The van der Waals surface area contributed by atoms with Crippen molar-refractivity contribution in [2.24, 2.45) is 5.10 Å². The third-order valence-electron chi connectivity index (χ3n) is 3.74. The molecule has 8 heteroatoms. The fourth-order valence-corrected chi connectivity index (χ4v) is 2.41. The molecule has 0 aromatic heterocycles. The van der Waals surface area contributed by atoms with E-state index in [1.807, 2.05) is 18.2 Å². The zero-order chi connectivity index (χ0) is 21.1. The van der Waals surface area contributed by atoms with Gasteiger partial charge in [-0.1, -0.05) is 18.2 Å². The van der Waals surface area contributed by atoms with Crippen LogP contribution in [0.1, 0.15) is 21.5 Å². The number of carbonyl (C=O) groups excluding carboxylic acids is 1. The minimum Gasteiger partial charge on any atom is -0.493 e. The quantitative estimate of drug-likeness (QED) is 0.215. The molecule has 0 aliphatic rings. The molecule has 0 unspecified atom stereocenters. The molecule has 2 N–H and O–H groups in total. The van der Waals surface area contributed by atoms with E-state index in [1.54, 1.807) is 43.7 Å². The minimum absolute atomic E-state index is 0.329. The van der Waals surface area contributed by atoms with Crippen molar-refractivity contribution in [1.82, 2.24) is 10.7 Å². The lowest BCUT2D eigenvalue weighted by molar-refractivity contribution is 0.0600. The van der Waals surface area contributed by atoms with Crippen molar-refractivity contribution >= 4 is 29.5 Å². The van der Waals surface area contributed by atoms with Crippen LogP contribution in [0.2, 0.25) is 0 Å². The molecule has 7 nitrogen and oxygen atoms in total. The van der Waals surface area contributed by atoms with Crippen LogP contribution in [0.3, 0.4) is 0 Å². The highest BCUT2D eigenvalue weighted by atomic mass is 32.1. The molecule has 0 fully saturated rings. The molecule has 29 heavy (non-hydrogen) atoms. The molecule has 0 saturated heterocycles. The molecule has 0 aliphatic carbocycles. The van der Waals surface area contributed by atoms with Crippen LogP contribution in [-0.2, 0) is 11.3 Å². The first-order valence-electron chi connectivity index (χ1n) is 8.73.